The lowest BCUT2D eigenvalue weighted by Gasteiger charge is -2.28. The predicted molar refractivity (Wildman–Crippen MR) is 132 cm³/mol. The van der Waals surface area contributed by atoms with Crippen LogP contribution in [0, 0.1) is 5.92 Å². The first kappa shape index (κ1) is 29.7. The molecule has 2 heterocycles. The molecule has 2 aromatic carbocycles. The Balaban J connectivity index is 0.000000532. The second-order valence-electron chi connectivity index (χ2n) is 9.01. The average Bonchev–Trinajstić information content (AvgIpc) is 3.31. The molecule has 7 nitrogen and oxygen atoms in total. The van der Waals surface area contributed by atoms with Gasteiger partial charge in [-0.3, -0.25) is 9.36 Å². The maximum atomic E-state index is 13.4. The normalized spacial score (nSPS) is 15.3. The van der Waals surface area contributed by atoms with E-state index in [1.165, 1.54) is 18.5 Å². The fourth-order valence-corrected chi connectivity index (χ4v) is 3.99. The molecule has 0 atom stereocenters. The first-order valence-electron chi connectivity index (χ1n) is 11.8. The molecule has 1 aromatic heterocycles. The number of para-hydroxylation sites is 1. The van der Waals surface area contributed by atoms with Gasteiger partial charge in [0.25, 0.3) is 0 Å². The number of imidazole rings is 1. The minimum absolute atomic E-state index is 0.218. The lowest BCUT2D eigenvalue weighted by Crippen LogP contribution is -2.36. The summed E-state index contributed by atoms with van der Waals surface area (Å²) in [6, 6.07) is 11.3. The number of nitrogens with one attached hydrogen (secondary N) is 1. The number of benzene rings is 2. The smallest absolute Gasteiger partial charge is 0.475 e. The van der Waals surface area contributed by atoms with E-state index in [2.05, 4.69) is 22.2 Å². The maximum absolute atomic E-state index is 13.4. The van der Waals surface area contributed by atoms with Crippen LogP contribution in [-0.4, -0.2) is 64.3 Å². The maximum Gasteiger partial charge on any atom is 0.490 e. The van der Waals surface area contributed by atoms with Gasteiger partial charge in [-0.25, -0.2) is 9.78 Å². The van der Waals surface area contributed by atoms with Gasteiger partial charge < -0.3 is 15.3 Å². The minimum Gasteiger partial charge on any atom is -0.475 e. The number of carboxylic acids is 1. The lowest BCUT2D eigenvalue weighted by atomic mass is 9.97. The molecule has 1 fully saturated rings. The molecule has 0 radical (unpaired) electrons. The third-order valence-corrected chi connectivity index (χ3v) is 6.09. The molecule has 0 unspecified atom stereocenters. The summed E-state index contributed by atoms with van der Waals surface area (Å²) in [5.74, 6) is -2.66. The number of aromatic nitrogens is 2. The van der Waals surface area contributed by atoms with E-state index in [0.29, 0.717) is 18.0 Å². The first-order valence-corrected chi connectivity index (χ1v) is 11.8. The van der Waals surface area contributed by atoms with E-state index in [0.717, 1.165) is 43.8 Å². The number of rotatable bonds is 5. The van der Waals surface area contributed by atoms with Crippen LogP contribution in [-0.2, 0) is 15.8 Å². The first-order chi connectivity index (χ1) is 18.3. The molecule has 4 rings (SSSR count). The standard InChI is InChI=1S/C24H25F3N4O.C2HF3O2/c1-30-11-9-17(10-12-30)15-28-22(32)8-7-18-13-19(24(25,26)27)14-21-23(18)31(16-29-21)20-5-3-2-4-6-20;3-2(4,5)1(6)7/h2-8,13-14,16-17H,9-12,15H2,1H3,(H,28,32);(H,6,7)/b8-7+;. The van der Waals surface area contributed by atoms with Gasteiger partial charge in [-0.1, -0.05) is 18.2 Å². The quantitative estimate of drug-likeness (QED) is 0.336. The van der Waals surface area contributed by atoms with Crippen LogP contribution < -0.4 is 5.32 Å². The van der Waals surface area contributed by atoms with E-state index in [1.807, 2.05) is 30.3 Å². The van der Waals surface area contributed by atoms with Crippen molar-refractivity contribution in [1.29, 1.82) is 0 Å². The van der Waals surface area contributed by atoms with Crippen molar-refractivity contribution in [3.63, 3.8) is 0 Å². The molecule has 0 aliphatic carbocycles. The molecular formula is C26H26F6N4O3. The SMILES string of the molecule is CN1CCC(CNC(=O)/C=C/c2cc(C(F)(F)F)cc3ncn(-c4ccccc4)c23)CC1.O=C(O)C(F)(F)F. The highest BCUT2D eigenvalue weighted by Crippen LogP contribution is 2.34. The summed E-state index contributed by atoms with van der Waals surface area (Å²) in [7, 11) is 2.08. The van der Waals surface area contributed by atoms with Crippen molar-refractivity contribution in [2.75, 3.05) is 26.7 Å². The van der Waals surface area contributed by atoms with Gasteiger partial charge in [-0.2, -0.15) is 26.3 Å². The molecule has 0 bridgehead atoms. The van der Waals surface area contributed by atoms with Crippen molar-refractivity contribution in [2.45, 2.75) is 25.2 Å². The zero-order chi connectivity index (χ0) is 28.8. The number of carbonyl (C=O) groups excluding carboxylic acids is 1. The molecular weight excluding hydrogens is 530 g/mol. The Labute approximate surface area is 219 Å². The molecule has 0 spiro atoms. The number of amides is 1. The Morgan fingerprint density at radius 2 is 1.69 bits per heavy atom. The van der Waals surface area contributed by atoms with Crippen molar-refractivity contribution in [1.82, 2.24) is 19.8 Å². The minimum atomic E-state index is -5.08. The van der Waals surface area contributed by atoms with E-state index in [4.69, 9.17) is 9.90 Å². The van der Waals surface area contributed by atoms with E-state index in [1.54, 1.807) is 4.57 Å². The number of aliphatic carboxylic acids is 1. The van der Waals surface area contributed by atoms with Gasteiger partial charge in [0.2, 0.25) is 5.91 Å². The highest BCUT2D eigenvalue weighted by molar-refractivity contribution is 5.95. The molecule has 210 valence electrons. The van der Waals surface area contributed by atoms with E-state index in [-0.39, 0.29) is 17.0 Å². The number of hydrogen-bond acceptors (Lipinski definition) is 4. The lowest BCUT2D eigenvalue weighted by molar-refractivity contribution is -0.192. The van der Waals surface area contributed by atoms with Crippen molar-refractivity contribution >= 4 is 29.0 Å². The number of fused-ring (bicyclic) bond motifs is 1. The summed E-state index contributed by atoms with van der Waals surface area (Å²) in [6.07, 6.45) is -3.33. The number of carbonyl (C=O) groups is 2. The topological polar surface area (TPSA) is 87.5 Å². The van der Waals surface area contributed by atoms with Crippen LogP contribution in [0.5, 0.6) is 0 Å². The van der Waals surface area contributed by atoms with Crippen LogP contribution >= 0.6 is 0 Å². The van der Waals surface area contributed by atoms with Crippen molar-refractivity contribution in [3.8, 4) is 5.69 Å². The van der Waals surface area contributed by atoms with Crippen LogP contribution in [0.25, 0.3) is 22.8 Å². The Kier molecular flexibility index (Phi) is 9.38. The van der Waals surface area contributed by atoms with Gasteiger partial charge >= 0.3 is 18.3 Å². The molecule has 13 heteroatoms. The Hall–Kier alpha value is -3.87. The summed E-state index contributed by atoms with van der Waals surface area (Å²) >= 11 is 0. The van der Waals surface area contributed by atoms with Gasteiger partial charge in [0.15, 0.2) is 0 Å². The molecule has 2 N–H and O–H groups in total. The number of halogens is 6. The van der Waals surface area contributed by atoms with Crippen LogP contribution in [0.4, 0.5) is 26.3 Å². The summed E-state index contributed by atoms with van der Waals surface area (Å²) in [6.45, 7) is 2.57. The molecule has 39 heavy (non-hydrogen) atoms. The van der Waals surface area contributed by atoms with E-state index >= 15 is 0 Å². The number of alkyl halides is 6. The third-order valence-electron chi connectivity index (χ3n) is 6.09. The summed E-state index contributed by atoms with van der Waals surface area (Å²) in [5, 5.41) is 10.0. The second kappa shape index (κ2) is 12.3. The Bertz CT molecular complexity index is 1310. The summed E-state index contributed by atoms with van der Waals surface area (Å²) in [4.78, 5) is 27.7. The molecule has 1 saturated heterocycles. The molecule has 1 aliphatic heterocycles. The number of likely N-dealkylation sites (tertiary alicyclic amines) is 1. The zero-order valence-corrected chi connectivity index (χ0v) is 20.8. The number of hydrogen-bond donors (Lipinski definition) is 2. The fraction of sp³-hybridized carbons (Fsp3) is 0.346. The number of piperidine rings is 1. The Morgan fingerprint density at radius 1 is 1.08 bits per heavy atom. The average molecular weight is 557 g/mol. The number of nitrogens with zero attached hydrogens (tertiary/aromatic N) is 3. The fourth-order valence-electron chi connectivity index (χ4n) is 3.99. The van der Waals surface area contributed by atoms with Gasteiger partial charge in [0.1, 0.15) is 6.33 Å². The molecule has 3 aromatic rings. The van der Waals surface area contributed by atoms with Gasteiger partial charge in [-0.15, -0.1) is 0 Å². The molecule has 1 amide bonds. The van der Waals surface area contributed by atoms with Crippen LogP contribution in [0.15, 0.2) is 54.9 Å². The van der Waals surface area contributed by atoms with Crippen molar-refractivity contribution in [3.05, 3.63) is 66.0 Å². The molecule has 1 aliphatic rings. The molecule has 0 saturated carbocycles. The summed E-state index contributed by atoms with van der Waals surface area (Å²) < 4.78 is 73.8. The van der Waals surface area contributed by atoms with Crippen LogP contribution in [0.1, 0.15) is 24.0 Å². The van der Waals surface area contributed by atoms with Crippen LogP contribution in [0.3, 0.4) is 0 Å². The Morgan fingerprint density at radius 3 is 2.26 bits per heavy atom. The van der Waals surface area contributed by atoms with Crippen LogP contribution in [0.2, 0.25) is 0 Å². The summed E-state index contributed by atoms with van der Waals surface area (Å²) in [5.41, 5.74) is 0.995. The predicted octanol–water partition coefficient (Wildman–Crippen LogP) is 5.15. The third kappa shape index (κ3) is 8.31. The van der Waals surface area contributed by atoms with Gasteiger partial charge in [0.05, 0.1) is 16.6 Å². The monoisotopic (exact) mass is 556 g/mol. The van der Waals surface area contributed by atoms with Gasteiger partial charge in [0, 0.05) is 23.9 Å². The van der Waals surface area contributed by atoms with Gasteiger partial charge in [-0.05, 0) is 69.2 Å². The van der Waals surface area contributed by atoms with E-state index < -0.39 is 23.9 Å². The van der Waals surface area contributed by atoms with Crippen molar-refractivity contribution < 1.29 is 41.0 Å². The van der Waals surface area contributed by atoms with E-state index in [9.17, 15) is 31.1 Å². The van der Waals surface area contributed by atoms with Crippen molar-refractivity contribution in [2.24, 2.45) is 5.92 Å². The highest BCUT2D eigenvalue weighted by Gasteiger charge is 2.38. The largest absolute Gasteiger partial charge is 0.490 e. The second-order valence-corrected chi connectivity index (χ2v) is 9.01. The highest BCUT2D eigenvalue weighted by atomic mass is 19.4. The zero-order valence-electron chi connectivity index (χ0n) is 20.8. The number of carboxylic acid groups (broad SMARTS) is 1.